The van der Waals surface area contributed by atoms with E-state index in [-0.39, 0.29) is 11.9 Å². The molecule has 0 spiro atoms. The Kier molecular flexibility index (Phi) is 7.91. The van der Waals surface area contributed by atoms with Gasteiger partial charge in [0, 0.05) is 19.1 Å². The molecule has 2 atom stereocenters. The fourth-order valence-corrected chi connectivity index (χ4v) is 3.36. The molecule has 2 amide bonds. The number of likely N-dealkylation sites (tertiary alicyclic amines) is 1. The van der Waals surface area contributed by atoms with Crippen molar-refractivity contribution in [3.05, 3.63) is 35.9 Å². The zero-order chi connectivity index (χ0) is 18.9. The Hall–Kier alpha value is -2.08. The molecule has 0 saturated carbocycles. The molecule has 0 aromatic heterocycles. The van der Waals surface area contributed by atoms with Crippen molar-refractivity contribution in [3.63, 3.8) is 0 Å². The van der Waals surface area contributed by atoms with Gasteiger partial charge in [-0.3, -0.25) is 9.69 Å². The Balaban J connectivity index is 1.90. The third-order valence-corrected chi connectivity index (χ3v) is 4.60. The Labute approximate surface area is 156 Å². The lowest BCUT2D eigenvalue weighted by atomic mass is 10.0. The van der Waals surface area contributed by atoms with Gasteiger partial charge in [0.05, 0.1) is 7.11 Å². The molecule has 1 aliphatic rings. The number of carbonyl (C=O) groups is 2. The number of benzene rings is 1. The molecule has 6 heteroatoms. The predicted molar refractivity (Wildman–Crippen MR) is 102 cm³/mol. The molecule has 1 aromatic rings. The number of amides is 2. The first-order chi connectivity index (χ1) is 12.5. The van der Waals surface area contributed by atoms with Crippen molar-refractivity contribution in [1.29, 1.82) is 0 Å². The molecule has 0 aliphatic carbocycles. The Bertz CT molecular complexity index is 577. The zero-order valence-electron chi connectivity index (χ0n) is 16.0. The van der Waals surface area contributed by atoms with Crippen LogP contribution in [0, 0.1) is 5.92 Å². The standard InChI is InChI=1S/C20H31N3O3/c1-15(2)12-18(22-20(25)26-3)19(24)21-17-10-7-11-23(14-17)13-16-8-5-4-6-9-16/h4-6,8-9,15,17-18H,7,10-14H2,1-3H3,(H,21,24)(H,22,25). The average molecular weight is 361 g/mol. The van der Waals surface area contributed by atoms with Crippen LogP contribution < -0.4 is 10.6 Å². The van der Waals surface area contributed by atoms with Gasteiger partial charge in [0.15, 0.2) is 0 Å². The SMILES string of the molecule is COC(=O)NC(CC(C)C)C(=O)NC1CCCN(Cc2ccccc2)C1. The van der Waals surface area contributed by atoms with Gasteiger partial charge in [-0.1, -0.05) is 44.2 Å². The second-order valence-corrected chi connectivity index (χ2v) is 7.39. The van der Waals surface area contributed by atoms with E-state index in [0.717, 1.165) is 32.5 Å². The molecule has 1 aliphatic heterocycles. The van der Waals surface area contributed by atoms with Gasteiger partial charge < -0.3 is 15.4 Å². The summed E-state index contributed by atoms with van der Waals surface area (Å²) in [4.78, 5) is 26.6. The molecular weight excluding hydrogens is 330 g/mol. The van der Waals surface area contributed by atoms with Gasteiger partial charge in [-0.15, -0.1) is 0 Å². The van der Waals surface area contributed by atoms with Crippen LogP contribution >= 0.6 is 0 Å². The Morgan fingerprint density at radius 2 is 2.00 bits per heavy atom. The third kappa shape index (κ3) is 6.67. The van der Waals surface area contributed by atoms with Crippen LogP contribution in [0.4, 0.5) is 4.79 Å². The van der Waals surface area contributed by atoms with E-state index in [1.165, 1.54) is 12.7 Å². The lowest BCUT2D eigenvalue weighted by Gasteiger charge is -2.34. The van der Waals surface area contributed by atoms with Crippen molar-refractivity contribution >= 4 is 12.0 Å². The highest BCUT2D eigenvalue weighted by atomic mass is 16.5. The summed E-state index contributed by atoms with van der Waals surface area (Å²) in [5, 5.41) is 5.77. The number of carbonyl (C=O) groups excluding carboxylic acids is 2. The van der Waals surface area contributed by atoms with Crippen LogP contribution in [-0.4, -0.2) is 49.2 Å². The molecular formula is C20H31N3O3. The lowest BCUT2D eigenvalue weighted by Crippen LogP contribution is -2.54. The Morgan fingerprint density at radius 1 is 1.27 bits per heavy atom. The second-order valence-electron chi connectivity index (χ2n) is 7.39. The summed E-state index contributed by atoms with van der Waals surface area (Å²) in [7, 11) is 1.31. The smallest absolute Gasteiger partial charge is 0.407 e. The van der Waals surface area contributed by atoms with E-state index in [9.17, 15) is 9.59 Å². The van der Waals surface area contributed by atoms with Crippen LogP contribution in [0.25, 0.3) is 0 Å². The molecule has 1 saturated heterocycles. The quantitative estimate of drug-likeness (QED) is 0.783. The normalized spacial score (nSPS) is 19.0. The number of nitrogens with one attached hydrogen (secondary N) is 2. The van der Waals surface area contributed by atoms with E-state index in [4.69, 9.17) is 0 Å². The Morgan fingerprint density at radius 3 is 2.65 bits per heavy atom. The number of piperidine rings is 1. The van der Waals surface area contributed by atoms with Gasteiger partial charge in [-0.2, -0.15) is 0 Å². The predicted octanol–water partition coefficient (Wildman–Crippen LogP) is 2.54. The van der Waals surface area contributed by atoms with E-state index in [1.807, 2.05) is 32.0 Å². The summed E-state index contributed by atoms with van der Waals surface area (Å²) < 4.78 is 4.65. The number of alkyl carbamates (subject to hydrolysis) is 1. The first kappa shape index (κ1) is 20.2. The maximum atomic E-state index is 12.7. The average Bonchev–Trinajstić information content (AvgIpc) is 2.61. The van der Waals surface area contributed by atoms with Crippen molar-refractivity contribution in [2.45, 2.75) is 51.7 Å². The summed E-state index contributed by atoms with van der Waals surface area (Å²) >= 11 is 0. The summed E-state index contributed by atoms with van der Waals surface area (Å²) in [5.41, 5.74) is 1.28. The van der Waals surface area contributed by atoms with Gasteiger partial charge in [0.25, 0.3) is 0 Å². The minimum Gasteiger partial charge on any atom is -0.453 e. The first-order valence-corrected chi connectivity index (χ1v) is 9.39. The number of ether oxygens (including phenoxy) is 1. The number of hydrogen-bond acceptors (Lipinski definition) is 4. The van der Waals surface area contributed by atoms with Gasteiger partial charge >= 0.3 is 6.09 Å². The van der Waals surface area contributed by atoms with Crippen molar-refractivity contribution in [3.8, 4) is 0 Å². The van der Waals surface area contributed by atoms with E-state index in [0.29, 0.717) is 12.3 Å². The van der Waals surface area contributed by atoms with E-state index < -0.39 is 12.1 Å². The summed E-state index contributed by atoms with van der Waals surface area (Å²) in [6, 6.07) is 9.91. The fraction of sp³-hybridized carbons (Fsp3) is 0.600. The topological polar surface area (TPSA) is 70.7 Å². The fourth-order valence-electron chi connectivity index (χ4n) is 3.36. The molecule has 2 N–H and O–H groups in total. The molecule has 0 radical (unpaired) electrons. The molecule has 6 nitrogen and oxygen atoms in total. The maximum Gasteiger partial charge on any atom is 0.407 e. The minimum atomic E-state index is -0.569. The van der Waals surface area contributed by atoms with Crippen LogP contribution in [-0.2, 0) is 16.1 Å². The summed E-state index contributed by atoms with van der Waals surface area (Å²) in [6.45, 7) is 6.82. The number of nitrogens with zero attached hydrogens (tertiary/aromatic N) is 1. The van der Waals surface area contributed by atoms with Crippen LogP contribution in [0.2, 0.25) is 0 Å². The van der Waals surface area contributed by atoms with Gasteiger partial charge in [-0.25, -0.2) is 4.79 Å². The molecule has 2 unspecified atom stereocenters. The second kappa shape index (κ2) is 10.2. The van der Waals surface area contributed by atoms with Crippen LogP contribution in [0.15, 0.2) is 30.3 Å². The van der Waals surface area contributed by atoms with Crippen LogP contribution in [0.3, 0.4) is 0 Å². The summed E-state index contributed by atoms with van der Waals surface area (Å²) in [5.74, 6) is 0.166. The number of hydrogen-bond donors (Lipinski definition) is 2. The molecule has 2 rings (SSSR count). The van der Waals surface area contributed by atoms with Crippen LogP contribution in [0.1, 0.15) is 38.7 Å². The van der Waals surface area contributed by atoms with Crippen molar-refractivity contribution in [1.82, 2.24) is 15.5 Å². The van der Waals surface area contributed by atoms with Crippen molar-refractivity contribution in [2.75, 3.05) is 20.2 Å². The largest absolute Gasteiger partial charge is 0.453 e. The zero-order valence-corrected chi connectivity index (χ0v) is 16.0. The number of methoxy groups -OCH3 is 1. The summed E-state index contributed by atoms with van der Waals surface area (Å²) in [6.07, 6.45) is 2.03. The highest BCUT2D eigenvalue weighted by molar-refractivity contribution is 5.85. The van der Waals surface area contributed by atoms with E-state index >= 15 is 0 Å². The van der Waals surface area contributed by atoms with Crippen molar-refractivity contribution in [2.24, 2.45) is 5.92 Å². The third-order valence-electron chi connectivity index (χ3n) is 4.60. The molecule has 1 aromatic carbocycles. The van der Waals surface area contributed by atoms with Gasteiger partial charge in [0.2, 0.25) is 5.91 Å². The molecule has 26 heavy (non-hydrogen) atoms. The van der Waals surface area contributed by atoms with Gasteiger partial charge in [-0.05, 0) is 37.3 Å². The molecule has 144 valence electrons. The van der Waals surface area contributed by atoms with E-state index in [2.05, 4.69) is 32.4 Å². The molecule has 0 bridgehead atoms. The van der Waals surface area contributed by atoms with Gasteiger partial charge in [0.1, 0.15) is 6.04 Å². The molecule has 1 heterocycles. The highest BCUT2D eigenvalue weighted by Crippen LogP contribution is 2.14. The van der Waals surface area contributed by atoms with Crippen LogP contribution in [0.5, 0.6) is 0 Å². The van der Waals surface area contributed by atoms with Crippen molar-refractivity contribution < 1.29 is 14.3 Å². The van der Waals surface area contributed by atoms with E-state index in [1.54, 1.807) is 0 Å². The number of rotatable bonds is 7. The first-order valence-electron chi connectivity index (χ1n) is 9.39. The monoisotopic (exact) mass is 361 g/mol. The lowest BCUT2D eigenvalue weighted by molar-refractivity contribution is -0.124. The highest BCUT2D eigenvalue weighted by Gasteiger charge is 2.27. The minimum absolute atomic E-state index is 0.106. The molecule has 1 fully saturated rings. The maximum absolute atomic E-state index is 12.7.